The second-order valence-electron chi connectivity index (χ2n) is 14.1. The fraction of sp³-hybridized carbons (Fsp3) is 0.710. The van der Waals surface area contributed by atoms with E-state index in [9.17, 15) is 14.4 Å². The highest BCUT2D eigenvalue weighted by molar-refractivity contribution is 5.91. The van der Waals surface area contributed by atoms with E-state index in [1.807, 2.05) is 13.0 Å². The van der Waals surface area contributed by atoms with E-state index in [-0.39, 0.29) is 36.6 Å². The summed E-state index contributed by atoms with van der Waals surface area (Å²) < 4.78 is 19.1. The molecule has 1 spiro atoms. The average molecular weight is 522 g/mol. The van der Waals surface area contributed by atoms with E-state index >= 15 is 0 Å². The summed E-state index contributed by atoms with van der Waals surface area (Å²) in [4.78, 5) is 42.2. The Hall–Kier alpha value is -2.25. The number of ketones is 1. The highest BCUT2D eigenvalue weighted by atomic mass is 16.6. The Kier molecular flexibility index (Phi) is 4.74. The molecule has 4 heterocycles. The molecule has 1 saturated carbocycles. The van der Waals surface area contributed by atoms with Gasteiger partial charge in [-0.3, -0.25) is 14.4 Å². The number of piperidine rings is 1. The quantitative estimate of drug-likeness (QED) is 0.395. The minimum absolute atomic E-state index is 0.131. The van der Waals surface area contributed by atoms with Crippen LogP contribution in [-0.2, 0) is 35.7 Å². The van der Waals surface area contributed by atoms with Gasteiger partial charge >= 0.3 is 11.9 Å². The van der Waals surface area contributed by atoms with Crippen LogP contribution in [0.4, 0.5) is 0 Å². The Labute approximate surface area is 224 Å². The van der Waals surface area contributed by atoms with Gasteiger partial charge in [0.25, 0.3) is 0 Å². The third-order valence-electron chi connectivity index (χ3n) is 11.7. The van der Waals surface area contributed by atoms with E-state index in [1.165, 1.54) is 6.92 Å². The van der Waals surface area contributed by atoms with Crippen LogP contribution in [0.15, 0.2) is 12.1 Å². The molecule has 8 unspecified atom stereocenters. The number of carbonyl (C=O) groups excluding carboxylic acids is 3. The molecule has 2 aliphatic carbocycles. The standard InChI is InChI=1S/C31H39NO6/c1-17-10-22-21(24(11-17)36-19(3)33)12-23(34)26-27(22,4)16-31-29(6,28(26,5)14-25(35)38-31)7-8-30-13-18(2)9-20(37-30)15-32(30)31/h10-11,18,20,26H,7-9,12-16H2,1-6H3. The van der Waals surface area contributed by atoms with Crippen LogP contribution in [0, 0.1) is 29.6 Å². The number of benzene rings is 1. The normalized spacial score (nSPS) is 46.8. The molecule has 1 aromatic carbocycles. The van der Waals surface area contributed by atoms with Crippen LogP contribution < -0.4 is 4.74 Å². The zero-order valence-electron chi connectivity index (χ0n) is 23.4. The first-order valence-corrected chi connectivity index (χ1v) is 14.3. The lowest BCUT2D eigenvalue weighted by Gasteiger charge is -2.75. The number of esters is 2. The summed E-state index contributed by atoms with van der Waals surface area (Å²) in [6.07, 6.45) is 4.79. The van der Waals surface area contributed by atoms with Gasteiger partial charge in [0.2, 0.25) is 0 Å². The van der Waals surface area contributed by atoms with Crippen molar-refractivity contribution >= 4 is 17.7 Å². The Balaban J connectivity index is 1.47. The molecule has 7 heteroatoms. The van der Waals surface area contributed by atoms with Crippen molar-refractivity contribution < 1.29 is 28.6 Å². The van der Waals surface area contributed by atoms with Gasteiger partial charge in [-0.2, -0.15) is 0 Å². The molecule has 0 radical (unpaired) electrons. The van der Waals surface area contributed by atoms with Gasteiger partial charge in [0.1, 0.15) is 17.3 Å². The fourth-order valence-corrected chi connectivity index (χ4v) is 10.5. The number of nitrogens with zero attached hydrogens (tertiary/aromatic N) is 1. The largest absolute Gasteiger partial charge is 0.443 e. The number of carbonyl (C=O) groups is 3. The van der Waals surface area contributed by atoms with Crippen molar-refractivity contribution in [2.45, 2.75) is 109 Å². The number of hydrogen-bond donors (Lipinski definition) is 0. The highest BCUT2D eigenvalue weighted by Crippen LogP contribution is 2.76. The van der Waals surface area contributed by atoms with Crippen LogP contribution in [0.5, 0.6) is 5.75 Å². The van der Waals surface area contributed by atoms with Gasteiger partial charge in [-0.05, 0) is 61.1 Å². The molecule has 8 atom stereocenters. The van der Waals surface area contributed by atoms with Gasteiger partial charge in [0.05, 0.1) is 12.5 Å². The zero-order chi connectivity index (χ0) is 27.0. The van der Waals surface area contributed by atoms with E-state index < -0.39 is 33.7 Å². The van der Waals surface area contributed by atoms with Crippen molar-refractivity contribution in [3.8, 4) is 5.75 Å². The molecular weight excluding hydrogens is 482 g/mol. The molecule has 0 amide bonds. The van der Waals surface area contributed by atoms with Crippen LogP contribution in [-0.4, -0.2) is 46.7 Å². The third kappa shape index (κ3) is 2.75. The molecule has 1 aromatic rings. The molecule has 4 aliphatic heterocycles. The molecule has 7 nitrogen and oxygen atoms in total. The van der Waals surface area contributed by atoms with Gasteiger partial charge in [0, 0.05) is 48.6 Å². The Morgan fingerprint density at radius 1 is 1.16 bits per heavy atom. The molecule has 0 N–H and O–H groups in total. The lowest BCUT2D eigenvalue weighted by Crippen LogP contribution is -2.82. The second-order valence-corrected chi connectivity index (χ2v) is 14.1. The highest BCUT2D eigenvalue weighted by Gasteiger charge is 2.81. The molecule has 4 saturated heterocycles. The Bertz CT molecular complexity index is 1310. The third-order valence-corrected chi connectivity index (χ3v) is 11.7. The van der Waals surface area contributed by atoms with Crippen molar-refractivity contribution in [3.63, 3.8) is 0 Å². The first kappa shape index (κ1) is 24.8. The minimum atomic E-state index is -0.875. The van der Waals surface area contributed by atoms with Crippen LogP contribution >= 0.6 is 0 Å². The number of aryl methyl sites for hydroxylation is 1. The van der Waals surface area contributed by atoms with Gasteiger partial charge in [-0.15, -0.1) is 0 Å². The lowest BCUT2D eigenvalue weighted by molar-refractivity contribution is -0.366. The summed E-state index contributed by atoms with van der Waals surface area (Å²) in [6.45, 7) is 13.1. The predicted molar refractivity (Wildman–Crippen MR) is 138 cm³/mol. The number of rotatable bonds is 1. The summed E-state index contributed by atoms with van der Waals surface area (Å²) in [5.41, 5.74) is -0.0377. The lowest BCUT2D eigenvalue weighted by atomic mass is 9.36. The van der Waals surface area contributed by atoms with Gasteiger partial charge in [0.15, 0.2) is 5.72 Å². The van der Waals surface area contributed by atoms with Gasteiger partial charge < -0.3 is 14.2 Å². The molecule has 6 aliphatic rings. The van der Waals surface area contributed by atoms with E-state index in [0.717, 1.165) is 48.9 Å². The number of Topliss-reactive ketones (excluding diaryl/α,β-unsaturated/α-hetero) is 1. The van der Waals surface area contributed by atoms with E-state index in [0.29, 0.717) is 18.1 Å². The van der Waals surface area contributed by atoms with E-state index in [2.05, 4.69) is 38.7 Å². The van der Waals surface area contributed by atoms with E-state index in [4.69, 9.17) is 14.2 Å². The van der Waals surface area contributed by atoms with Crippen LogP contribution in [0.25, 0.3) is 0 Å². The first-order valence-electron chi connectivity index (χ1n) is 14.3. The molecular formula is C31H39NO6. The average Bonchev–Trinajstić information content (AvgIpc) is 3.06. The minimum Gasteiger partial charge on any atom is -0.443 e. The maximum atomic E-state index is 14.3. The molecule has 4 bridgehead atoms. The maximum Gasteiger partial charge on any atom is 0.308 e. The topological polar surface area (TPSA) is 82.1 Å². The Morgan fingerprint density at radius 3 is 2.66 bits per heavy atom. The molecule has 7 rings (SSSR count). The molecule has 38 heavy (non-hydrogen) atoms. The van der Waals surface area contributed by atoms with Crippen LogP contribution in [0.2, 0.25) is 0 Å². The molecule has 5 fully saturated rings. The van der Waals surface area contributed by atoms with Crippen molar-refractivity contribution in [2.24, 2.45) is 22.7 Å². The predicted octanol–water partition coefficient (Wildman–Crippen LogP) is 4.60. The summed E-state index contributed by atoms with van der Waals surface area (Å²) >= 11 is 0. The van der Waals surface area contributed by atoms with Crippen molar-refractivity contribution in [1.82, 2.24) is 4.90 Å². The summed E-state index contributed by atoms with van der Waals surface area (Å²) in [5.74, 6) is 0.221. The number of hydrogen-bond acceptors (Lipinski definition) is 7. The fourth-order valence-electron chi connectivity index (χ4n) is 10.5. The zero-order valence-corrected chi connectivity index (χ0v) is 23.4. The van der Waals surface area contributed by atoms with Crippen molar-refractivity contribution in [1.29, 1.82) is 0 Å². The maximum absolute atomic E-state index is 14.3. The molecule has 0 aromatic heterocycles. The summed E-state index contributed by atoms with van der Waals surface area (Å²) in [7, 11) is 0. The summed E-state index contributed by atoms with van der Waals surface area (Å²) in [5, 5.41) is 0. The number of fused-ring (bicyclic) bond motifs is 5. The second kappa shape index (κ2) is 7.28. The van der Waals surface area contributed by atoms with Crippen molar-refractivity contribution in [3.05, 3.63) is 28.8 Å². The van der Waals surface area contributed by atoms with Gasteiger partial charge in [-0.1, -0.05) is 33.8 Å². The van der Waals surface area contributed by atoms with E-state index in [1.54, 1.807) is 0 Å². The SMILES string of the molecule is CC(=O)Oc1cc(C)cc2c1CC(=O)C1C2(C)CC23OC(=O)CC1(C)C2(C)CCC12CC(C)CC(CN13)O2. The first-order chi connectivity index (χ1) is 17.8. The smallest absolute Gasteiger partial charge is 0.308 e. The number of ether oxygens (including phenoxy) is 3. The van der Waals surface area contributed by atoms with Crippen LogP contribution in [0.1, 0.15) is 89.8 Å². The monoisotopic (exact) mass is 521 g/mol. The Morgan fingerprint density at radius 2 is 1.92 bits per heavy atom. The molecule has 204 valence electrons. The summed E-state index contributed by atoms with van der Waals surface area (Å²) in [6, 6.07) is 4.03. The van der Waals surface area contributed by atoms with Crippen LogP contribution in [0.3, 0.4) is 0 Å². The van der Waals surface area contributed by atoms with Gasteiger partial charge in [-0.25, -0.2) is 4.90 Å². The van der Waals surface area contributed by atoms with Crippen molar-refractivity contribution in [2.75, 3.05) is 6.54 Å².